The summed E-state index contributed by atoms with van der Waals surface area (Å²) < 4.78 is 7.93. The normalized spacial score (nSPS) is 21.7. The van der Waals surface area contributed by atoms with Crippen molar-refractivity contribution in [2.75, 3.05) is 6.61 Å². The van der Waals surface area contributed by atoms with Crippen LogP contribution < -0.4 is 5.32 Å². The predicted octanol–water partition coefficient (Wildman–Crippen LogP) is 3.46. The molecule has 2 heterocycles. The Morgan fingerprint density at radius 2 is 2.10 bits per heavy atom. The lowest BCUT2D eigenvalue weighted by Crippen LogP contribution is -2.46. The zero-order chi connectivity index (χ0) is 15.5. The topological polar surface area (TPSA) is 39.1 Å². The SMILES string of the molecule is CCc1nn(C)c(CNC2CCOC(CC)(CC)C2)c1Cl. The van der Waals surface area contributed by atoms with Gasteiger partial charge in [-0.25, -0.2) is 0 Å². The number of hydrogen-bond donors (Lipinski definition) is 1. The third-order valence-corrected chi connectivity index (χ3v) is 5.28. The minimum atomic E-state index is 0.0563. The standard InChI is InChI=1S/C16H28ClN3O/c1-5-13-15(17)14(20(4)19-13)11-18-12-8-9-21-16(6-2,7-3)10-12/h12,18H,5-11H2,1-4H3. The number of aryl methyl sites for hydroxylation is 2. The van der Waals surface area contributed by atoms with Crippen molar-refractivity contribution in [1.82, 2.24) is 15.1 Å². The van der Waals surface area contributed by atoms with Gasteiger partial charge in [0.15, 0.2) is 0 Å². The van der Waals surface area contributed by atoms with Gasteiger partial charge in [0.05, 0.1) is 22.0 Å². The summed E-state index contributed by atoms with van der Waals surface area (Å²) >= 11 is 6.41. The fourth-order valence-corrected chi connectivity index (χ4v) is 3.56. The molecule has 120 valence electrons. The molecule has 0 spiro atoms. The fraction of sp³-hybridized carbons (Fsp3) is 0.812. The van der Waals surface area contributed by atoms with Crippen molar-refractivity contribution in [2.45, 2.75) is 71.1 Å². The highest BCUT2D eigenvalue weighted by Gasteiger charge is 2.34. The number of nitrogens with zero attached hydrogens (tertiary/aromatic N) is 2. The average molecular weight is 314 g/mol. The van der Waals surface area contributed by atoms with Gasteiger partial charge in [-0.05, 0) is 32.1 Å². The van der Waals surface area contributed by atoms with Crippen LogP contribution in [0.5, 0.6) is 0 Å². The third-order valence-electron chi connectivity index (χ3n) is 4.84. The lowest BCUT2D eigenvalue weighted by Gasteiger charge is -2.40. The largest absolute Gasteiger partial charge is 0.375 e. The summed E-state index contributed by atoms with van der Waals surface area (Å²) in [6.45, 7) is 8.14. The third kappa shape index (κ3) is 3.61. The van der Waals surface area contributed by atoms with Crippen molar-refractivity contribution in [2.24, 2.45) is 7.05 Å². The second-order valence-electron chi connectivity index (χ2n) is 5.99. The number of halogens is 1. The molecule has 2 rings (SSSR count). The molecular formula is C16H28ClN3O. The van der Waals surface area contributed by atoms with E-state index in [1.165, 1.54) is 0 Å². The molecule has 0 amide bonds. The van der Waals surface area contributed by atoms with E-state index < -0.39 is 0 Å². The monoisotopic (exact) mass is 313 g/mol. The molecule has 1 saturated heterocycles. The van der Waals surface area contributed by atoms with Crippen LogP contribution in [0.1, 0.15) is 57.8 Å². The first-order valence-electron chi connectivity index (χ1n) is 8.12. The predicted molar refractivity (Wildman–Crippen MR) is 86.7 cm³/mol. The van der Waals surface area contributed by atoms with E-state index in [0.717, 1.165) is 61.7 Å². The first-order chi connectivity index (χ1) is 10.0. The van der Waals surface area contributed by atoms with E-state index in [-0.39, 0.29) is 5.60 Å². The Morgan fingerprint density at radius 3 is 2.67 bits per heavy atom. The van der Waals surface area contributed by atoms with E-state index in [9.17, 15) is 0 Å². The van der Waals surface area contributed by atoms with Gasteiger partial charge in [0.2, 0.25) is 0 Å². The maximum Gasteiger partial charge on any atom is 0.0863 e. The number of nitrogens with one attached hydrogen (secondary N) is 1. The van der Waals surface area contributed by atoms with Crippen molar-refractivity contribution in [3.8, 4) is 0 Å². The first kappa shape index (κ1) is 16.8. The molecule has 21 heavy (non-hydrogen) atoms. The Kier molecular flexibility index (Phi) is 5.69. The minimum Gasteiger partial charge on any atom is -0.375 e. The summed E-state index contributed by atoms with van der Waals surface area (Å²) in [6.07, 6.45) is 5.18. The molecule has 0 bridgehead atoms. The van der Waals surface area contributed by atoms with Crippen LogP contribution in [0.4, 0.5) is 0 Å². The highest BCUT2D eigenvalue weighted by Crippen LogP contribution is 2.31. The molecule has 1 aromatic rings. The average Bonchev–Trinajstić information content (AvgIpc) is 2.79. The van der Waals surface area contributed by atoms with E-state index in [1.807, 2.05) is 11.7 Å². The molecule has 0 radical (unpaired) electrons. The van der Waals surface area contributed by atoms with Crippen molar-refractivity contribution in [3.63, 3.8) is 0 Å². The molecule has 1 aliphatic heterocycles. The highest BCUT2D eigenvalue weighted by molar-refractivity contribution is 6.31. The molecule has 0 saturated carbocycles. The van der Waals surface area contributed by atoms with Crippen molar-refractivity contribution in [3.05, 3.63) is 16.4 Å². The summed E-state index contributed by atoms with van der Waals surface area (Å²) in [4.78, 5) is 0. The van der Waals surface area contributed by atoms with Gasteiger partial charge in [0, 0.05) is 26.2 Å². The first-order valence-corrected chi connectivity index (χ1v) is 8.50. The number of rotatable bonds is 6. The smallest absolute Gasteiger partial charge is 0.0863 e. The molecule has 1 N–H and O–H groups in total. The molecule has 0 aliphatic carbocycles. The zero-order valence-electron chi connectivity index (χ0n) is 13.7. The summed E-state index contributed by atoms with van der Waals surface area (Å²) in [5, 5.41) is 8.94. The molecule has 1 aliphatic rings. The molecule has 1 atom stereocenters. The Bertz CT molecular complexity index is 468. The van der Waals surface area contributed by atoms with Crippen LogP contribution in [0.15, 0.2) is 0 Å². The molecular weight excluding hydrogens is 286 g/mol. The molecule has 1 aromatic heterocycles. The quantitative estimate of drug-likeness (QED) is 0.874. The Hall–Kier alpha value is -0.580. The van der Waals surface area contributed by atoms with Gasteiger partial charge in [-0.2, -0.15) is 5.10 Å². The molecule has 5 heteroatoms. The summed E-state index contributed by atoms with van der Waals surface area (Å²) in [5.41, 5.74) is 2.12. The molecule has 0 aromatic carbocycles. The van der Waals surface area contributed by atoms with Crippen molar-refractivity contribution >= 4 is 11.6 Å². The number of aromatic nitrogens is 2. The number of hydrogen-bond acceptors (Lipinski definition) is 3. The van der Waals surface area contributed by atoms with Crippen molar-refractivity contribution in [1.29, 1.82) is 0 Å². The van der Waals surface area contributed by atoms with Crippen LogP contribution >= 0.6 is 11.6 Å². The van der Waals surface area contributed by atoms with Gasteiger partial charge in [0.1, 0.15) is 0 Å². The van der Waals surface area contributed by atoms with Crippen LogP contribution in [0.2, 0.25) is 5.02 Å². The van der Waals surface area contributed by atoms with E-state index >= 15 is 0 Å². The van der Waals surface area contributed by atoms with E-state index in [1.54, 1.807) is 0 Å². The highest BCUT2D eigenvalue weighted by atomic mass is 35.5. The van der Waals surface area contributed by atoms with Crippen molar-refractivity contribution < 1.29 is 4.74 Å². The van der Waals surface area contributed by atoms with Crippen LogP contribution in [0, 0.1) is 0 Å². The minimum absolute atomic E-state index is 0.0563. The van der Waals surface area contributed by atoms with E-state index in [4.69, 9.17) is 16.3 Å². The molecule has 1 unspecified atom stereocenters. The summed E-state index contributed by atoms with van der Waals surface area (Å²) in [6, 6.07) is 0.495. The fourth-order valence-electron chi connectivity index (χ4n) is 3.20. The maximum atomic E-state index is 6.41. The van der Waals surface area contributed by atoms with Crippen LogP contribution in [0.3, 0.4) is 0 Å². The second kappa shape index (κ2) is 7.12. The van der Waals surface area contributed by atoms with Crippen LogP contribution in [-0.4, -0.2) is 28.0 Å². The van der Waals surface area contributed by atoms with Gasteiger partial charge >= 0.3 is 0 Å². The lowest BCUT2D eigenvalue weighted by molar-refractivity contribution is -0.0932. The van der Waals surface area contributed by atoms with Crippen LogP contribution in [-0.2, 0) is 24.8 Å². The van der Waals surface area contributed by atoms with Gasteiger partial charge in [-0.3, -0.25) is 4.68 Å². The Morgan fingerprint density at radius 1 is 1.38 bits per heavy atom. The van der Waals surface area contributed by atoms with Crippen LogP contribution in [0.25, 0.3) is 0 Å². The summed E-state index contributed by atoms with van der Waals surface area (Å²) in [5.74, 6) is 0. The van der Waals surface area contributed by atoms with Gasteiger partial charge in [0.25, 0.3) is 0 Å². The Labute approximate surface area is 133 Å². The summed E-state index contributed by atoms with van der Waals surface area (Å²) in [7, 11) is 1.97. The van der Waals surface area contributed by atoms with Gasteiger partial charge in [-0.15, -0.1) is 0 Å². The van der Waals surface area contributed by atoms with E-state index in [0.29, 0.717) is 6.04 Å². The molecule has 1 fully saturated rings. The van der Waals surface area contributed by atoms with Gasteiger partial charge in [-0.1, -0.05) is 32.4 Å². The number of ether oxygens (including phenoxy) is 1. The van der Waals surface area contributed by atoms with E-state index in [2.05, 4.69) is 31.2 Å². The maximum absolute atomic E-state index is 6.41. The zero-order valence-corrected chi connectivity index (χ0v) is 14.5. The van der Waals surface area contributed by atoms with Gasteiger partial charge < -0.3 is 10.1 Å². The lowest BCUT2D eigenvalue weighted by atomic mass is 9.86. The second-order valence-corrected chi connectivity index (χ2v) is 6.37. The molecule has 4 nitrogen and oxygen atoms in total. The Balaban J connectivity index is 1.98.